The van der Waals surface area contributed by atoms with Crippen molar-refractivity contribution in [3.8, 4) is 0 Å². The van der Waals surface area contributed by atoms with Gasteiger partial charge in [0.25, 0.3) is 0 Å². The Morgan fingerprint density at radius 3 is 3.00 bits per heavy atom. The summed E-state index contributed by atoms with van der Waals surface area (Å²) in [5.74, 6) is 0. The molecule has 17 heavy (non-hydrogen) atoms. The molecule has 2 aliphatic rings. The zero-order valence-corrected chi connectivity index (χ0v) is 11.5. The van der Waals surface area contributed by atoms with E-state index in [-0.39, 0.29) is 0 Å². The van der Waals surface area contributed by atoms with Gasteiger partial charge in [-0.3, -0.25) is 4.90 Å². The smallest absolute Gasteiger partial charge is 0.0674 e. The van der Waals surface area contributed by atoms with Crippen LogP contribution in [0.3, 0.4) is 0 Å². The predicted octanol–water partition coefficient (Wildman–Crippen LogP) is 2.02. The van der Waals surface area contributed by atoms with Gasteiger partial charge in [-0.15, -0.1) is 0 Å². The van der Waals surface area contributed by atoms with Crippen LogP contribution in [0.15, 0.2) is 0 Å². The van der Waals surface area contributed by atoms with Crippen molar-refractivity contribution in [2.24, 2.45) is 0 Å². The van der Waals surface area contributed by atoms with Crippen molar-refractivity contribution >= 4 is 0 Å². The van der Waals surface area contributed by atoms with Gasteiger partial charge in [-0.25, -0.2) is 0 Å². The Bertz CT molecular complexity index is 216. The lowest BCUT2D eigenvalue weighted by atomic mass is 10.1. The average Bonchev–Trinajstić information content (AvgIpc) is 2.82. The minimum Gasteiger partial charge on any atom is -0.376 e. The molecule has 2 aliphatic heterocycles. The molecule has 0 aromatic heterocycles. The monoisotopic (exact) mass is 240 g/mol. The van der Waals surface area contributed by atoms with Gasteiger partial charge in [0.2, 0.25) is 0 Å². The summed E-state index contributed by atoms with van der Waals surface area (Å²) >= 11 is 0. The summed E-state index contributed by atoms with van der Waals surface area (Å²) in [5, 5.41) is 3.59. The van der Waals surface area contributed by atoms with Crippen LogP contribution in [0.4, 0.5) is 0 Å². The van der Waals surface area contributed by atoms with Gasteiger partial charge in [-0.1, -0.05) is 6.92 Å². The van der Waals surface area contributed by atoms with E-state index in [1.165, 1.54) is 45.2 Å². The first-order chi connectivity index (χ1) is 8.29. The molecule has 0 spiro atoms. The molecular weight excluding hydrogens is 212 g/mol. The highest BCUT2D eigenvalue weighted by atomic mass is 16.5. The van der Waals surface area contributed by atoms with Crippen LogP contribution in [-0.2, 0) is 4.74 Å². The number of hydrogen-bond acceptors (Lipinski definition) is 3. The van der Waals surface area contributed by atoms with E-state index in [4.69, 9.17) is 4.74 Å². The molecule has 2 rings (SSSR count). The van der Waals surface area contributed by atoms with Crippen molar-refractivity contribution in [1.82, 2.24) is 10.2 Å². The van der Waals surface area contributed by atoms with Crippen molar-refractivity contribution in [3.63, 3.8) is 0 Å². The van der Waals surface area contributed by atoms with Crippen LogP contribution in [0, 0.1) is 0 Å². The maximum Gasteiger partial charge on any atom is 0.0674 e. The molecule has 3 unspecified atom stereocenters. The summed E-state index contributed by atoms with van der Waals surface area (Å²) in [5.41, 5.74) is 0. The Balaban J connectivity index is 1.68. The van der Waals surface area contributed by atoms with Gasteiger partial charge in [0, 0.05) is 18.6 Å². The second-order valence-corrected chi connectivity index (χ2v) is 5.64. The molecule has 0 radical (unpaired) electrons. The first kappa shape index (κ1) is 13.3. The van der Waals surface area contributed by atoms with E-state index < -0.39 is 0 Å². The van der Waals surface area contributed by atoms with Crippen molar-refractivity contribution in [1.29, 1.82) is 0 Å². The van der Waals surface area contributed by atoms with Gasteiger partial charge in [0.15, 0.2) is 0 Å². The first-order valence-corrected chi connectivity index (χ1v) is 7.38. The zero-order chi connectivity index (χ0) is 12.1. The van der Waals surface area contributed by atoms with Crippen LogP contribution < -0.4 is 5.32 Å². The van der Waals surface area contributed by atoms with Crippen LogP contribution in [0.1, 0.15) is 46.0 Å². The summed E-state index contributed by atoms with van der Waals surface area (Å²) in [7, 11) is 0. The van der Waals surface area contributed by atoms with Crippen LogP contribution in [-0.4, -0.2) is 49.3 Å². The summed E-state index contributed by atoms with van der Waals surface area (Å²) in [6.07, 6.45) is 7.08. The lowest BCUT2D eigenvalue weighted by Gasteiger charge is -2.38. The van der Waals surface area contributed by atoms with E-state index >= 15 is 0 Å². The third-order valence-corrected chi connectivity index (χ3v) is 4.21. The average molecular weight is 240 g/mol. The van der Waals surface area contributed by atoms with Gasteiger partial charge in [0.1, 0.15) is 0 Å². The second-order valence-electron chi connectivity index (χ2n) is 5.64. The molecule has 0 aromatic rings. The fourth-order valence-electron chi connectivity index (χ4n) is 3.11. The molecule has 3 nitrogen and oxygen atoms in total. The van der Waals surface area contributed by atoms with Gasteiger partial charge in [0.05, 0.1) is 12.7 Å². The molecule has 0 bridgehead atoms. The maximum absolute atomic E-state index is 5.74. The van der Waals surface area contributed by atoms with Crippen molar-refractivity contribution in [2.45, 2.75) is 64.1 Å². The van der Waals surface area contributed by atoms with E-state index in [0.29, 0.717) is 12.1 Å². The fraction of sp³-hybridized carbons (Fsp3) is 1.00. The Kier molecular flexibility index (Phi) is 5.26. The molecule has 2 heterocycles. The molecule has 2 saturated heterocycles. The Morgan fingerprint density at radius 2 is 2.29 bits per heavy atom. The third kappa shape index (κ3) is 3.94. The number of hydrogen-bond donors (Lipinski definition) is 1. The molecule has 2 fully saturated rings. The topological polar surface area (TPSA) is 24.5 Å². The number of morpholine rings is 1. The van der Waals surface area contributed by atoms with E-state index in [9.17, 15) is 0 Å². The third-order valence-electron chi connectivity index (χ3n) is 4.21. The maximum atomic E-state index is 5.74. The highest BCUT2D eigenvalue weighted by molar-refractivity contribution is 4.79. The highest BCUT2D eigenvalue weighted by Gasteiger charge is 2.25. The van der Waals surface area contributed by atoms with E-state index in [0.717, 1.165) is 19.2 Å². The number of nitrogens with one attached hydrogen (secondary N) is 1. The van der Waals surface area contributed by atoms with Crippen molar-refractivity contribution in [2.75, 3.05) is 26.2 Å². The summed E-state index contributed by atoms with van der Waals surface area (Å²) in [6, 6.07) is 1.45. The van der Waals surface area contributed by atoms with Crippen LogP contribution in [0.2, 0.25) is 0 Å². The van der Waals surface area contributed by atoms with Crippen molar-refractivity contribution < 1.29 is 4.74 Å². The molecule has 0 aromatic carbocycles. The largest absolute Gasteiger partial charge is 0.376 e. The molecule has 3 atom stereocenters. The molecule has 0 amide bonds. The van der Waals surface area contributed by atoms with E-state index in [1.807, 2.05) is 0 Å². The van der Waals surface area contributed by atoms with Gasteiger partial charge in [-0.2, -0.15) is 0 Å². The minimum atomic E-state index is 0.419. The number of rotatable bonds is 5. The van der Waals surface area contributed by atoms with Gasteiger partial charge < -0.3 is 10.1 Å². The lowest BCUT2D eigenvalue weighted by Crippen LogP contribution is -2.48. The second kappa shape index (κ2) is 6.72. The van der Waals surface area contributed by atoms with Gasteiger partial charge in [-0.05, 0) is 52.1 Å². The molecule has 1 N–H and O–H groups in total. The van der Waals surface area contributed by atoms with E-state index in [2.05, 4.69) is 24.1 Å². The van der Waals surface area contributed by atoms with Crippen LogP contribution >= 0.6 is 0 Å². The van der Waals surface area contributed by atoms with Crippen LogP contribution in [0.25, 0.3) is 0 Å². The quantitative estimate of drug-likeness (QED) is 0.795. The van der Waals surface area contributed by atoms with Crippen molar-refractivity contribution in [3.05, 3.63) is 0 Å². The normalized spacial score (nSPS) is 35.3. The molecule has 0 aliphatic carbocycles. The zero-order valence-electron chi connectivity index (χ0n) is 11.5. The Morgan fingerprint density at radius 1 is 1.41 bits per heavy atom. The first-order valence-electron chi connectivity index (χ1n) is 7.38. The lowest BCUT2D eigenvalue weighted by molar-refractivity contribution is -0.0562. The molecule has 0 saturated carbocycles. The number of ether oxygens (including phenoxy) is 1. The summed E-state index contributed by atoms with van der Waals surface area (Å²) < 4.78 is 5.74. The Labute approximate surface area is 106 Å². The predicted molar refractivity (Wildman–Crippen MR) is 71.3 cm³/mol. The molecule has 3 heteroatoms. The SMILES string of the molecule is CCC1COC(C)CN1CCCC1CCCN1. The molecular formula is C14H28N2O. The van der Waals surface area contributed by atoms with E-state index in [1.54, 1.807) is 0 Å². The Hall–Kier alpha value is -0.120. The minimum absolute atomic E-state index is 0.419. The summed E-state index contributed by atoms with van der Waals surface area (Å²) in [6.45, 7) is 9.00. The standard InChI is InChI=1S/C14H28N2O/c1-3-14-11-17-12(2)10-16(14)9-5-7-13-6-4-8-15-13/h12-15H,3-11H2,1-2H3. The summed E-state index contributed by atoms with van der Waals surface area (Å²) in [4.78, 5) is 2.64. The van der Waals surface area contributed by atoms with Crippen LogP contribution in [0.5, 0.6) is 0 Å². The highest BCUT2D eigenvalue weighted by Crippen LogP contribution is 2.17. The fourth-order valence-corrected chi connectivity index (χ4v) is 3.11. The number of nitrogens with zero attached hydrogens (tertiary/aromatic N) is 1. The molecule has 100 valence electrons. The van der Waals surface area contributed by atoms with Gasteiger partial charge >= 0.3 is 0 Å².